The summed E-state index contributed by atoms with van der Waals surface area (Å²) in [5.41, 5.74) is 8.29. The number of aryl methyl sites for hydroxylation is 1. The van der Waals surface area contributed by atoms with Crippen molar-refractivity contribution in [1.29, 1.82) is 0 Å². The number of nitrogens with zero attached hydrogens (tertiary/aromatic N) is 2. The number of pyridine rings is 1. The Bertz CT molecular complexity index is 391. The van der Waals surface area contributed by atoms with E-state index in [9.17, 15) is 0 Å². The van der Waals surface area contributed by atoms with Gasteiger partial charge in [-0.3, -0.25) is 9.88 Å². The molecule has 0 spiro atoms. The molecule has 0 bridgehead atoms. The number of hydrogen-bond acceptors (Lipinski definition) is 3. The Labute approximate surface area is 111 Å². The second kappa shape index (κ2) is 5.37. The average Bonchev–Trinajstić information content (AvgIpc) is 2.14. The normalized spacial score (nSPS) is 13.1. The van der Waals surface area contributed by atoms with Crippen LogP contribution in [0.1, 0.15) is 39.1 Å². The highest BCUT2D eigenvalue weighted by molar-refractivity contribution is 5.09. The van der Waals surface area contributed by atoms with Gasteiger partial charge in [-0.15, -0.1) is 0 Å². The zero-order valence-electron chi connectivity index (χ0n) is 12.6. The predicted molar refractivity (Wildman–Crippen MR) is 77.4 cm³/mol. The lowest BCUT2D eigenvalue weighted by atomic mass is 9.75. The predicted octanol–water partition coefficient (Wildman–Crippen LogP) is 2.59. The fraction of sp³-hybridized carbons (Fsp3) is 0.667. The van der Waals surface area contributed by atoms with Gasteiger partial charge in [0.05, 0.1) is 5.69 Å². The van der Waals surface area contributed by atoms with Gasteiger partial charge in [0, 0.05) is 24.3 Å². The van der Waals surface area contributed by atoms with Gasteiger partial charge in [-0.05, 0) is 45.4 Å². The minimum atomic E-state index is -0.193. The third-order valence-electron chi connectivity index (χ3n) is 3.79. The fourth-order valence-corrected chi connectivity index (χ4v) is 1.90. The van der Waals surface area contributed by atoms with Gasteiger partial charge >= 0.3 is 0 Å². The lowest BCUT2D eigenvalue weighted by molar-refractivity contribution is 0.125. The summed E-state index contributed by atoms with van der Waals surface area (Å²) in [6.07, 6.45) is 0. The second-order valence-corrected chi connectivity index (χ2v) is 6.55. The van der Waals surface area contributed by atoms with Crippen molar-refractivity contribution in [1.82, 2.24) is 9.88 Å². The van der Waals surface area contributed by atoms with Gasteiger partial charge in [0.25, 0.3) is 0 Å². The van der Waals surface area contributed by atoms with E-state index in [1.54, 1.807) is 0 Å². The molecule has 0 saturated carbocycles. The second-order valence-electron chi connectivity index (χ2n) is 6.55. The lowest BCUT2D eigenvalue weighted by Crippen LogP contribution is -2.52. The molecular weight excluding hydrogens is 222 g/mol. The third kappa shape index (κ3) is 4.07. The molecule has 0 aliphatic rings. The monoisotopic (exact) mass is 249 g/mol. The number of rotatable bonds is 5. The molecule has 18 heavy (non-hydrogen) atoms. The van der Waals surface area contributed by atoms with Crippen LogP contribution in [0.25, 0.3) is 0 Å². The Kier molecular flexibility index (Phi) is 4.51. The first-order chi connectivity index (χ1) is 8.12. The summed E-state index contributed by atoms with van der Waals surface area (Å²) < 4.78 is 0. The molecule has 0 saturated heterocycles. The molecule has 0 amide bonds. The van der Waals surface area contributed by atoms with Crippen LogP contribution in [0.5, 0.6) is 0 Å². The summed E-state index contributed by atoms with van der Waals surface area (Å²) in [7, 11) is 2.12. The molecular formula is C15H27N3. The number of hydrogen-bond donors (Lipinski definition) is 1. The van der Waals surface area contributed by atoms with E-state index in [1.807, 2.05) is 13.0 Å². The van der Waals surface area contributed by atoms with Crippen molar-refractivity contribution in [3.8, 4) is 0 Å². The number of nitrogens with two attached hydrogens (primary N) is 1. The maximum absolute atomic E-state index is 6.24. The highest BCUT2D eigenvalue weighted by Crippen LogP contribution is 2.29. The Morgan fingerprint density at radius 3 is 2.33 bits per heavy atom. The van der Waals surface area contributed by atoms with Crippen molar-refractivity contribution < 1.29 is 0 Å². The van der Waals surface area contributed by atoms with Gasteiger partial charge in [0.15, 0.2) is 0 Å². The minimum Gasteiger partial charge on any atom is -0.325 e. The Morgan fingerprint density at radius 1 is 1.22 bits per heavy atom. The van der Waals surface area contributed by atoms with Gasteiger partial charge in [-0.2, -0.15) is 0 Å². The van der Waals surface area contributed by atoms with E-state index in [4.69, 9.17) is 5.73 Å². The molecule has 0 fully saturated rings. The molecule has 102 valence electrons. The van der Waals surface area contributed by atoms with Gasteiger partial charge in [0.2, 0.25) is 0 Å². The summed E-state index contributed by atoms with van der Waals surface area (Å²) in [4.78, 5) is 6.82. The Morgan fingerprint density at radius 2 is 1.83 bits per heavy atom. The molecule has 0 aromatic carbocycles. The largest absolute Gasteiger partial charge is 0.325 e. The molecule has 3 heteroatoms. The van der Waals surface area contributed by atoms with Crippen molar-refractivity contribution >= 4 is 0 Å². The highest BCUT2D eigenvalue weighted by atomic mass is 15.1. The van der Waals surface area contributed by atoms with Crippen molar-refractivity contribution in [2.45, 2.75) is 46.7 Å². The van der Waals surface area contributed by atoms with Crippen molar-refractivity contribution in [3.05, 3.63) is 29.6 Å². The van der Waals surface area contributed by atoms with E-state index < -0.39 is 0 Å². The average molecular weight is 249 g/mol. The Hall–Kier alpha value is -0.930. The van der Waals surface area contributed by atoms with E-state index in [-0.39, 0.29) is 11.0 Å². The van der Waals surface area contributed by atoms with E-state index in [0.717, 1.165) is 24.5 Å². The molecule has 0 aliphatic heterocycles. The first-order valence-electron chi connectivity index (χ1n) is 6.52. The third-order valence-corrected chi connectivity index (χ3v) is 3.79. The summed E-state index contributed by atoms with van der Waals surface area (Å²) in [6, 6.07) is 6.16. The smallest absolute Gasteiger partial charge is 0.0547 e. The zero-order chi connectivity index (χ0) is 14.0. The SMILES string of the molecule is Cc1cccc(CN(C)CC(C)(C)C(C)(C)N)n1. The summed E-state index contributed by atoms with van der Waals surface area (Å²) in [5.74, 6) is 0. The Balaban J connectivity index is 2.65. The van der Waals surface area contributed by atoms with Crippen molar-refractivity contribution in [2.75, 3.05) is 13.6 Å². The zero-order valence-corrected chi connectivity index (χ0v) is 12.6. The molecule has 1 rings (SSSR count). The van der Waals surface area contributed by atoms with Crippen LogP contribution in [0, 0.1) is 12.3 Å². The topological polar surface area (TPSA) is 42.1 Å². The molecule has 0 unspecified atom stereocenters. The van der Waals surface area contributed by atoms with E-state index in [0.29, 0.717) is 0 Å². The van der Waals surface area contributed by atoms with Gasteiger partial charge in [0.1, 0.15) is 0 Å². The summed E-state index contributed by atoms with van der Waals surface area (Å²) >= 11 is 0. The van der Waals surface area contributed by atoms with E-state index >= 15 is 0 Å². The van der Waals surface area contributed by atoms with Crippen LogP contribution in [0.2, 0.25) is 0 Å². The van der Waals surface area contributed by atoms with Crippen molar-refractivity contribution in [2.24, 2.45) is 11.1 Å². The van der Waals surface area contributed by atoms with E-state index in [2.05, 4.69) is 56.8 Å². The molecule has 3 nitrogen and oxygen atoms in total. The standard InChI is InChI=1S/C15H27N3/c1-12-8-7-9-13(17-12)10-18(6)11-14(2,3)15(4,5)16/h7-9H,10-11,16H2,1-6H3. The van der Waals surface area contributed by atoms with Gasteiger partial charge in [-0.25, -0.2) is 0 Å². The molecule has 2 N–H and O–H groups in total. The van der Waals surface area contributed by atoms with Crippen LogP contribution in [-0.4, -0.2) is 29.0 Å². The maximum atomic E-state index is 6.24. The number of aromatic nitrogens is 1. The summed E-state index contributed by atoms with van der Waals surface area (Å²) in [6.45, 7) is 12.4. The van der Waals surface area contributed by atoms with E-state index in [1.165, 1.54) is 0 Å². The lowest BCUT2D eigenvalue weighted by Gasteiger charge is -2.41. The van der Waals surface area contributed by atoms with Gasteiger partial charge in [-0.1, -0.05) is 19.9 Å². The molecule has 1 aromatic rings. The van der Waals surface area contributed by atoms with Crippen LogP contribution < -0.4 is 5.73 Å². The first kappa shape index (κ1) is 15.1. The maximum Gasteiger partial charge on any atom is 0.0547 e. The minimum absolute atomic E-state index is 0.0611. The molecule has 1 heterocycles. The van der Waals surface area contributed by atoms with Crippen LogP contribution in [0.3, 0.4) is 0 Å². The summed E-state index contributed by atoms with van der Waals surface area (Å²) in [5, 5.41) is 0. The van der Waals surface area contributed by atoms with Gasteiger partial charge < -0.3 is 5.73 Å². The van der Waals surface area contributed by atoms with Crippen LogP contribution >= 0.6 is 0 Å². The molecule has 0 aliphatic carbocycles. The van der Waals surface area contributed by atoms with Crippen LogP contribution in [0.4, 0.5) is 0 Å². The first-order valence-corrected chi connectivity index (χ1v) is 6.52. The molecule has 0 radical (unpaired) electrons. The van der Waals surface area contributed by atoms with Crippen molar-refractivity contribution in [3.63, 3.8) is 0 Å². The molecule has 0 atom stereocenters. The highest BCUT2D eigenvalue weighted by Gasteiger charge is 2.34. The molecule has 1 aromatic heterocycles. The van der Waals surface area contributed by atoms with Crippen LogP contribution in [-0.2, 0) is 6.54 Å². The van der Waals surface area contributed by atoms with Crippen LogP contribution in [0.15, 0.2) is 18.2 Å². The fourth-order valence-electron chi connectivity index (χ4n) is 1.90. The quantitative estimate of drug-likeness (QED) is 0.872.